The molecule has 0 aliphatic heterocycles. The molecule has 1 heterocycles. The van der Waals surface area contributed by atoms with Crippen LogP contribution in [0, 0.1) is 6.92 Å². The second kappa shape index (κ2) is 5.09. The second-order valence-corrected chi connectivity index (χ2v) is 5.78. The molecule has 0 fully saturated rings. The summed E-state index contributed by atoms with van der Waals surface area (Å²) in [6.45, 7) is 4.41. The Hall–Kier alpha value is -1.37. The predicted octanol–water partition coefficient (Wildman–Crippen LogP) is 1.42. The standard InChI is InChI=1S/C12H17N3O2S/c1-3-13-18(16,17)14-8-10-4-5-12-11(7-10)6-9(2)15-12/h4-7,13-15H,3,8H2,1-2H3. The third kappa shape index (κ3) is 3.10. The Bertz CT molecular complexity index is 646. The average molecular weight is 267 g/mol. The summed E-state index contributed by atoms with van der Waals surface area (Å²) in [5.74, 6) is 0. The van der Waals surface area contributed by atoms with Gasteiger partial charge in [0.1, 0.15) is 0 Å². The van der Waals surface area contributed by atoms with Crippen molar-refractivity contribution in [3.8, 4) is 0 Å². The number of hydrogen-bond donors (Lipinski definition) is 3. The highest BCUT2D eigenvalue weighted by atomic mass is 32.2. The molecule has 0 aliphatic carbocycles. The maximum Gasteiger partial charge on any atom is 0.277 e. The maximum atomic E-state index is 11.4. The van der Waals surface area contributed by atoms with Crippen LogP contribution in [0.1, 0.15) is 18.2 Å². The van der Waals surface area contributed by atoms with Crippen molar-refractivity contribution in [3.05, 3.63) is 35.5 Å². The van der Waals surface area contributed by atoms with Crippen molar-refractivity contribution in [2.75, 3.05) is 6.54 Å². The molecule has 5 nitrogen and oxygen atoms in total. The van der Waals surface area contributed by atoms with Crippen LogP contribution in [0.3, 0.4) is 0 Å². The lowest BCUT2D eigenvalue weighted by molar-refractivity contribution is 0.568. The summed E-state index contributed by atoms with van der Waals surface area (Å²) in [5, 5.41) is 1.09. The molecule has 6 heteroatoms. The lowest BCUT2D eigenvalue weighted by Gasteiger charge is -2.06. The molecule has 0 bridgehead atoms. The molecule has 2 rings (SSSR count). The van der Waals surface area contributed by atoms with E-state index in [-0.39, 0.29) is 6.54 Å². The zero-order valence-electron chi connectivity index (χ0n) is 10.4. The largest absolute Gasteiger partial charge is 0.359 e. The molecule has 3 N–H and O–H groups in total. The summed E-state index contributed by atoms with van der Waals surface area (Å²) in [4.78, 5) is 3.23. The van der Waals surface area contributed by atoms with Gasteiger partial charge in [-0.15, -0.1) is 0 Å². The van der Waals surface area contributed by atoms with Gasteiger partial charge in [-0.25, -0.2) is 4.72 Å². The number of H-pyrrole nitrogens is 1. The number of nitrogens with one attached hydrogen (secondary N) is 3. The van der Waals surface area contributed by atoms with E-state index in [1.807, 2.05) is 31.2 Å². The molecule has 18 heavy (non-hydrogen) atoms. The normalized spacial score (nSPS) is 12.1. The predicted molar refractivity (Wildman–Crippen MR) is 72.5 cm³/mol. The number of hydrogen-bond acceptors (Lipinski definition) is 2. The van der Waals surface area contributed by atoms with Crippen molar-refractivity contribution >= 4 is 21.1 Å². The number of rotatable bonds is 5. The van der Waals surface area contributed by atoms with Crippen LogP contribution in [0.5, 0.6) is 0 Å². The minimum absolute atomic E-state index is 0.287. The van der Waals surface area contributed by atoms with E-state index in [1.54, 1.807) is 6.92 Å². The fourth-order valence-electron chi connectivity index (χ4n) is 1.86. The fourth-order valence-corrected chi connectivity index (χ4v) is 2.70. The van der Waals surface area contributed by atoms with Crippen molar-refractivity contribution in [1.82, 2.24) is 14.4 Å². The molecule has 2 aromatic rings. The third-order valence-electron chi connectivity index (χ3n) is 2.62. The van der Waals surface area contributed by atoms with Crippen LogP contribution < -0.4 is 9.44 Å². The van der Waals surface area contributed by atoms with Gasteiger partial charge in [-0.1, -0.05) is 13.0 Å². The van der Waals surface area contributed by atoms with Gasteiger partial charge in [-0.2, -0.15) is 13.1 Å². The van der Waals surface area contributed by atoms with Gasteiger partial charge in [-0.05, 0) is 36.1 Å². The lowest BCUT2D eigenvalue weighted by Crippen LogP contribution is -2.35. The number of aryl methyl sites for hydroxylation is 1. The first-order valence-electron chi connectivity index (χ1n) is 5.82. The fraction of sp³-hybridized carbons (Fsp3) is 0.333. The molecule has 0 unspecified atom stereocenters. The SMILES string of the molecule is CCNS(=O)(=O)NCc1ccc2[nH]c(C)cc2c1. The van der Waals surface area contributed by atoms with Crippen molar-refractivity contribution in [3.63, 3.8) is 0 Å². The van der Waals surface area contributed by atoms with Crippen LogP contribution in [-0.2, 0) is 16.8 Å². The van der Waals surface area contributed by atoms with Crippen molar-refractivity contribution < 1.29 is 8.42 Å². The van der Waals surface area contributed by atoms with Crippen LogP contribution in [0.25, 0.3) is 10.9 Å². The van der Waals surface area contributed by atoms with E-state index in [2.05, 4.69) is 14.4 Å². The van der Waals surface area contributed by atoms with Crippen LogP contribution in [0.2, 0.25) is 0 Å². The van der Waals surface area contributed by atoms with E-state index in [0.29, 0.717) is 6.54 Å². The molecule has 1 aromatic carbocycles. The number of fused-ring (bicyclic) bond motifs is 1. The topological polar surface area (TPSA) is 74.0 Å². The Morgan fingerprint density at radius 3 is 2.72 bits per heavy atom. The van der Waals surface area contributed by atoms with Crippen LogP contribution in [0.4, 0.5) is 0 Å². The first kappa shape index (κ1) is 13.1. The Morgan fingerprint density at radius 2 is 2.00 bits per heavy atom. The third-order valence-corrected chi connectivity index (χ3v) is 3.81. The van der Waals surface area contributed by atoms with Crippen molar-refractivity contribution in [2.24, 2.45) is 0 Å². The summed E-state index contributed by atoms with van der Waals surface area (Å²) >= 11 is 0. The molecule has 1 aromatic heterocycles. The Balaban J connectivity index is 2.12. The second-order valence-electron chi connectivity index (χ2n) is 4.20. The van der Waals surface area contributed by atoms with Gasteiger partial charge < -0.3 is 4.98 Å². The zero-order chi connectivity index (χ0) is 13.2. The number of aromatic amines is 1. The monoisotopic (exact) mass is 267 g/mol. The first-order chi connectivity index (χ1) is 8.50. The van der Waals surface area contributed by atoms with E-state index in [9.17, 15) is 8.42 Å². The van der Waals surface area contributed by atoms with Crippen LogP contribution in [0.15, 0.2) is 24.3 Å². The summed E-state index contributed by atoms with van der Waals surface area (Å²) in [7, 11) is -3.39. The van der Waals surface area contributed by atoms with Gasteiger partial charge >= 0.3 is 0 Å². The van der Waals surface area contributed by atoms with E-state index in [4.69, 9.17) is 0 Å². The van der Waals surface area contributed by atoms with E-state index >= 15 is 0 Å². The van der Waals surface area contributed by atoms with Crippen LogP contribution in [-0.4, -0.2) is 19.9 Å². The molecule has 0 spiro atoms. The number of aromatic nitrogens is 1. The molecular weight excluding hydrogens is 250 g/mol. The van der Waals surface area contributed by atoms with Crippen LogP contribution >= 0.6 is 0 Å². The lowest BCUT2D eigenvalue weighted by atomic mass is 10.1. The molecule has 98 valence electrons. The van der Waals surface area contributed by atoms with Gasteiger partial charge in [0.2, 0.25) is 0 Å². The van der Waals surface area contributed by atoms with Gasteiger partial charge in [-0.3, -0.25) is 0 Å². The minimum atomic E-state index is -3.39. The molecule has 0 aliphatic rings. The Labute approximate surface area is 107 Å². The summed E-state index contributed by atoms with van der Waals surface area (Å²) in [5.41, 5.74) is 3.09. The molecule has 0 saturated heterocycles. The first-order valence-corrected chi connectivity index (χ1v) is 7.31. The molecule has 0 atom stereocenters. The van der Waals surface area contributed by atoms with Gasteiger partial charge in [0.15, 0.2) is 0 Å². The highest BCUT2D eigenvalue weighted by Crippen LogP contribution is 2.16. The zero-order valence-corrected chi connectivity index (χ0v) is 11.3. The van der Waals surface area contributed by atoms with E-state index < -0.39 is 10.2 Å². The average Bonchev–Trinajstić information content (AvgIpc) is 2.65. The van der Waals surface area contributed by atoms with E-state index in [1.165, 1.54) is 0 Å². The Kier molecular flexibility index (Phi) is 3.70. The minimum Gasteiger partial charge on any atom is -0.359 e. The summed E-state index contributed by atoms with van der Waals surface area (Å²) in [6.07, 6.45) is 0. The Morgan fingerprint density at radius 1 is 1.22 bits per heavy atom. The quantitative estimate of drug-likeness (QED) is 0.766. The van der Waals surface area contributed by atoms with Crippen molar-refractivity contribution in [2.45, 2.75) is 20.4 Å². The maximum absolute atomic E-state index is 11.4. The van der Waals surface area contributed by atoms with Crippen molar-refractivity contribution in [1.29, 1.82) is 0 Å². The number of benzene rings is 1. The van der Waals surface area contributed by atoms with Gasteiger partial charge in [0.05, 0.1) is 0 Å². The van der Waals surface area contributed by atoms with Gasteiger partial charge in [0, 0.05) is 24.3 Å². The molecule has 0 saturated carbocycles. The highest BCUT2D eigenvalue weighted by molar-refractivity contribution is 7.87. The smallest absolute Gasteiger partial charge is 0.277 e. The molecule has 0 amide bonds. The molecule has 0 radical (unpaired) electrons. The highest BCUT2D eigenvalue weighted by Gasteiger charge is 2.07. The van der Waals surface area contributed by atoms with Gasteiger partial charge in [0.25, 0.3) is 10.2 Å². The molecular formula is C12H17N3O2S. The summed E-state index contributed by atoms with van der Waals surface area (Å²) < 4.78 is 27.8. The van der Waals surface area contributed by atoms with E-state index in [0.717, 1.165) is 22.2 Å². The summed E-state index contributed by atoms with van der Waals surface area (Å²) in [6, 6.07) is 7.89.